The molecule has 1 amide bonds. The summed E-state index contributed by atoms with van der Waals surface area (Å²) in [5.41, 5.74) is 0.227. The van der Waals surface area contributed by atoms with Gasteiger partial charge in [0.2, 0.25) is 0 Å². The van der Waals surface area contributed by atoms with Crippen molar-refractivity contribution < 1.29 is 9.53 Å². The van der Waals surface area contributed by atoms with Crippen LogP contribution >= 0.6 is 11.6 Å². The van der Waals surface area contributed by atoms with Gasteiger partial charge in [-0.15, -0.1) is 0 Å². The molecule has 0 saturated heterocycles. The Balaban J connectivity index is 2.84. The summed E-state index contributed by atoms with van der Waals surface area (Å²) in [4.78, 5) is 11.9. The number of amides is 1. The maximum atomic E-state index is 11.9. The van der Waals surface area contributed by atoms with Crippen molar-refractivity contribution in [2.24, 2.45) is 0 Å². The number of nitriles is 1. The number of halogens is 1. The topological polar surface area (TPSA) is 74.1 Å². The minimum absolute atomic E-state index is 0.0168. The second kappa shape index (κ2) is 7.00. The van der Waals surface area contributed by atoms with Crippen LogP contribution in [0.15, 0.2) is 30.0 Å². The molecule has 6 heteroatoms. The Morgan fingerprint density at radius 2 is 2.10 bits per heavy atom. The van der Waals surface area contributed by atoms with E-state index >= 15 is 0 Å². The fraction of sp³-hybridized carbons (Fsp3) is 0.333. The van der Waals surface area contributed by atoms with Crippen LogP contribution in [0.25, 0.3) is 0 Å². The van der Waals surface area contributed by atoms with E-state index in [0.717, 1.165) is 0 Å². The molecule has 5 nitrogen and oxygen atoms in total. The van der Waals surface area contributed by atoms with Gasteiger partial charge < -0.3 is 15.4 Å². The van der Waals surface area contributed by atoms with Crippen LogP contribution in [0.4, 0.5) is 5.69 Å². The standard InChI is InChI=1S/C15H18ClN3O2/c1-15(2,3)19-14(20)10(8-17)9-18-11-5-6-13(21-4)12(16)7-11/h5-7,9,18H,1-4H3,(H,19,20)/b10-9-. The van der Waals surface area contributed by atoms with Crippen molar-refractivity contribution >= 4 is 23.2 Å². The predicted octanol–water partition coefficient (Wildman–Crippen LogP) is 3.08. The fourth-order valence-corrected chi connectivity index (χ4v) is 1.73. The normalized spacial score (nSPS) is 11.5. The highest BCUT2D eigenvalue weighted by molar-refractivity contribution is 6.32. The molecule has 0 aliphatic rings. The minimum Gasteiger partial charge on any atom is -0.495 e. The monoisotopic (exact) mass is 307 g/mol. The van der Waals surface area contributed by atoms with E-state index in [1.165, 1.54) is 13.3 Å². The average Bonchev–Trinajstić information content (AvgIpc) is 2.37. The zero-order valence-corrected chi connectivity index (χ0v) is 13.2. The van der Waals surface area contributed by atoms with Gasteiger partial charge in [-0.25, -0.2) is 0 Å². The molecule has 0 fully saturated rings. The van der Waals surface area contributed by atoms with Crippen LogP contribution in [0.3, 0.4) is 0 Å². The van der Waals surface area contributed by atoms with Gasteiger partial charge in [0.05, 0.1) is 12.1 Å². The molecule has 0 atom stereocenters. The lowest BCUT2D eigenvalue weighted by Crippen LogP contribution is -2.41. The lowest BCUT2D eigenvalue weighted by atomic mass is 10.1. The minimum atomic E-state index is -0.433. The molecule has 0 bridgehead atoms. The van der Waals surface area contributed by atoms with Crippen molar-refractivity contribution in [3.8, 4) is 11.8 Å². The van der Waals surface area contributed by atoms with Crippen LogP contribution in [0, 0.1) is 11.3 Å². The molecule has 0 unspecified atom stereocenters. The van der Waals surface area contributed by atoms with Crippen molar-refractivity contribution in [1.82, 2.24) is 5.32 Å². The third-order valence-corrected chi connectivity index (χ3v) is 2.68. The molecule has 1 aromatic carbocycles. The summed E-state index contributed by atoms with van der Waals surface area (Å²) >= 11 is 6.00. The second-order valence-electron chi connectivity index (χ2n) is 5.37. The number of nitrogens with one attached hydrogen (secondary N) is 2. The van der Waals surface area contributed by atoms with E-state index in [9.17, 15) is 4.79 Å². The lowest BCUT2D eigenvalue weighted by Gasteiger charge is -2.20. The number of nitrogens with zero attached hydrogens (tertiary/aromatic N) is 1. The van der Waals surface area contributed by atoms with E-state index in [-0.39, 0.29) is 5.57 Å². The summed E-state index contributed by atoms with van der Waals surface area (Å²) in [5.74, 6) is 0.120. The summed E-state index contributed by atoms with van der Waals surface area (Å²) in [7, 11) is 1.53. The number of carbonyl (C=O) groups is 1. The van der Waals surface area contributed by atoms with E-state index in [1.54, 1.807) is 18.2 Å². The lowest BCUT2D eigenvalue weighted by molar-refractivity contribution is -0.118. The van der Waals surface area contributed by atoms with Crippen LogP contribution in [-0.2, 0) is 4.79 Å². The Morgan fingerprint density at radius 1 is 1.43 bits per heavy atom. The number of hydrogen-bond acceptors (Lipinski definition) is 4. The molecule has 0 heterocycles. The Hall–Kier alpha value is -2.19. The van der Waals surface area contributed by atoms with Crippen molar-refractivity contribution in [3.63, 3.8) is 0 Å². The van der Waals surface area contributed by atoms with Crippen molar-refractivity contribution in [2.45, 2.75) is 26.3 Å². The maximum Gasteiger partial charge on any atom is 0.263 e. The first-order valence-electron chi connectivity index (χ1n) is 6.29. The highest BCUT2D eigenvalue weighted by Crippen LogP contribution is 2.27. The zero-order valence-electron chi connectivity index (χ0n) is 12.5. The van der Waals surface area contributed by atoms with Crippen LogP contribution in [0.2, 0.25) is 5.02 Å². The van der Waals surface area contributed by atoms with E-state index in [2.05, 4.69) is 10.6 Å². The first-order chi connectivity index (χ1) is 9.76. The fourth-order valence-electron chi connectivity index (χ4n) is 1.47. The van der Waals surface area contributed by atoms with Gasteiger partial charge in [-0.05, 0) is 39.0 Å². The number of hydrogen-bond donors (Lipinski definition) is 2. The van der Waals surface area contributed by atoms with Crippen LogP contribution in [0.1, 0.15) is 20.8 Å². The molecular formula is C15H18ClN3O2. The summed E-state index contributed by atoms with van der Waals surface area (Å²) in [6.07, 6.45) is 1.35. The number of methoxy groups -OCH3 is 1. The van der Waals surface area contributed by atoms with E-state index in [0.29, 0.717) is 16.5 Å². The van der Waals surface area contributed by atoms with Gasteiger partial charge in [0.1, 0.15) is 17.4 Å². The van der Waals surface area contributed by atoms with E-state index in [4.69, 9.17) is 21.6 Å². The second-order valence-corrected chi connectivity index (χ2v) is 5.77. The number of rotatable bonds is 4. The Labute approximate surface area is 129 Å². The van der Waals surface area contributed by atoms with Gasteiger partial charge in [0, 0.05) is 17.4 Å². The molecule has 0 aliphatic heterocycles. The Kier molecular flexibility index (Phi) is 5.62. The molecule has 0 aliphatic carbocycles. The smallest absolute Gasteiger partial charge is 0.263 e. The number of anilines is 1. The van der Waals surface area contributed by atoms with Gasteiger partial charge >= 0.3 is 0 Å². The summed E-state index contributed by atoms with van der Waals surface area (Å²) in [6, 6.07) is 6.94. The predicted molar refractivity (Wildman–Crippen MR) is 83.2 cm³/mol. The number of carbonyl (C=O) groups excluding carboxylic acids is 1. The van der Waals surface area contributed by atoms with Crippen molar-refractivity contribution in [1.29, 1.82) is 5.26 Å². The first kappa shape index (κ1) is 16.9. The van der Waals surface area contributed by atoms with Gasteiger partial charge in [0.25, 0.3) is 5.91 Å². The zero-order chi connectivity index (χ0) is 16.0. The highest BCUT2D eigenvalue weighted by atomic mass is 35.5. The molecule has 1 aromatic rings. The third kappa shape index (κ3) is 5.36. The van der Waals surface area contributed by atoms with Gasteiger partial charge in [0.15, 0.2) is 0 Å². The molecule has 2 N–H and O–H groups in total. The highest BCUT2D eigenvalue weighted by Gasteiger charge is 2.17. The van der Waals surface area contributed by atoms with Crippen LogP contribution in [-0.4, -0.2) is 18.6 Å². The molecular weight excluding hydrogens is 290 g/mol. The Morgan fingerprint density at radius 3 is 2.57 bits per heavy atom. The van der Waals surface area contributed by atoms with Crippen molar-refractivity contribution in [2.75, 3.05) is 12.4 Å². The molecule has 21 heavy (non-hydrogen) atoms. The molecule has 0 spiro atoms. The molecule has 0 radical (unpaired) electrons. The largest absolute Gasteiger partial charge is 0.495 e. The summed E-state index contributed by atoms with van der Waals surface area (Å²) < 4.78 is 5.05. The van der Waals surface area contributed by atoms with E-state index < -0.39 is 11.4 Å². The van der Waals surface area contributed by atoms with Gasteiger partial charge in [-0.2, -0.15) is 5.26 Å². The quantitative estimate of drug-likeness (QED) is 0.662. The molecule has 0 saturated carbocycles. The van der Waals surface area contributed by atoms with Crippen LogP contribution in [0.5, 0.6) is 5.75 Å². The van der Waals surface area contributed by atoms with E-state index in [1.807, 2.05) is 26.8 Å². The number of ether oxygens (including phenoxy) is 1. The molecule has 1 rings (SSSR count). The molecule has 0 aromatic heterocycles. The summed E-state index contributed by atoms with van der Waals surface area (Å²) in [6.45, 7) is 5.53. The van der Waals surface area contributed by atoms with Gasteiger partial charge in [-0.1, -0.05) is 11.6 Å². The van der Waals surface area contributed by atoms with Crippen LogP contribution < -0.4 is 15.4 Å². The molecule has 112 valence electrons. The third-order valence-electron chi connectivity index (χ3n) is 2.39. The number of benzene rings is 1. The Bertz CT molecular complexity index is 598. The van der Waals surface area contributed by atoms with Gasteiger partial charge in [-0.3, -0.25) is 4.79 Å². The maximum absolute atomic E-state index is 11.9. The average molecular weight is 308 g/mol. The van der Waals surface area contributed by atoms with Crippen molar-refractivity contribution in [3.05, 3.63) is 35.0 Å². The first-order valence-corrected chi connectivity index (χ1v) is 6.67. The summed E-state index contributed by atoms with van der Waals surface area (Å²) in [5, 5.41) is 15.1. The SMILES string of the molecule is COc1ccc(N/C=C(/C#N)C(=O)NC(C)(C)C)cc1Cl.